The fourth-order valence-electron chi connectivity index (χ4n) is 2.65. The van der Waals surface area contributed by atoms with Crippen LogP contribution >= 0.6 is 11.6 Å². The number of para-hydroxylation sites is 1. The van der Waals surface area contributed by atoms with Crippen LogP contribution in [-0.2, 0) is 0 Å². The number of nitrogens with one attached hydrogen (secondary N) is 1. The van der Waals surface area contributed by atoms with Gasteiger partial charge in [0.2, 0.25) is 0 Å². The SMILES string of the molecule is O=C(Nc1ccc(Cl)cc1)c1cc(-c2ccco2)nc2ccccc12. The van der Waals surface area contributed by atoms with E-state index in [2.05, 4.69) is 10.3 Å². The van der Waals surface area contributed by atoms with Crippen LogP contribution in [0.5, 0.6) is 0 Å². The van der Waals surface area contributed by atoms with E-state index in [1.807, 2.05) is 30.3 Å². The van der Waals surface area contributed by atoms with Gasteiger partial charge in [-0.25, -0.2) is 4.98 Å². The number of nitrogens with zero attached hydrogens (tertiary/aromatic N) is 1. The Balaban J connectivity index is 1.79. The first kappa shape index (κ1) is 15.4. The predicted octanol–water partition coefficient (Wildman–Crippen LogP) is 5.40. The number of aromatic nitrogens is 1. The van der Waals surface area contributed by atoms with Crippen LogP contribution in [0.25, 0.3) is 22.4 Å². The van der Waals surface area contributed by atoms with Crippen molar-refractivity contribution in [3.05, 3.63) is 83.6 Å². The molecule has 0 aliphatic heterocycles. The lowest BCUT2D eigenvalue weighted by molar-refractivity contribution is 0.102. The molecule has 2 heterocycles. The van der Waals surface area contributed by atoms with Gasteiger partial charge in [0.05, 0.1) is 17.3 Å². The van der Waals surface area contributed by atoms with E-state index in [1.54, 1.807) is 42.7 Å². The summed E-state index contributed by atoms with van der Waals surface area (Å²) >= 11 is 5.89. The number of benzene rings is 2. The van der Waals surface area contributed by atoms with Gasteiger partial charge in [-0.3, -0.25) is 4.79 Å². The molecule has 0 spiro atoms. The van der Waals surface area contributed by atoms with E-state index in [4.69, 9.17) is 16.0 Å². The van der Waals surface area contributed by atoms with E-state index in [9.17, 15) is 4.79 Å². The lowest BCUT2D eigenvalue weighted by Gasteiger charge is -2.10. The summed E-state index contributed by atoms with van der Waals surface area (Å²) in [7, 11) is 0. The molecule has 25 heavy (non-hydrogen) atoms. The van der Waals surface area contributed by atoms with Crippen molar-refractivity contribution in [3.63, 3.8) is 0 Å². The minimum Gasteiger partial charge on any atom is -0.463 e. The van der Waals surface area contributed by atoms with Crippen molar-refractivity contribution in [2.75, 3.05) is 5.32 Å². The maximum Gasteiger partial charge on any atom is 0.256 e. The smallest absolute Gasteiger partial charge is 0.256 e. The summed E-state index contributed by atoms with van der Waals surface area (Å²) in [6.45, 7) is 0. The summed E-state index contributed by atoms with van der Waals surface area (Å²) in [5.41, 5.74) is 2.56. The lowest BCUT2D eigenvalue weighted by atomic mass is 10.1. The third kappa shape index (κ3) is 3.12. The third-order valence-electron chi connectivity index (χ3n) is 3.84. The number of carbonyl (C=O) groups is 1. The van der Waals surface area contributed by atoms with Crippen molar-refractivity contribution >= 4 is 34.1 Å². The fraction of sp³-hybridized carbons (Fsp3) is 0. The molecule has 5 heteroatoms. The maximum absolute atomic E-state index is 12.8. The first-order valence-corrected chi connectivity index (χ1v) is 8.09. The normalized spacial score (nSPS) is 10.8. The molecule has 0 saturated heterocycles. The zero-order chi connectivity index (χ0) is 17.2. The highest BCUT2D eigenvalue weighted by Crippen LogP contribution is 2.26. The first-order chi connectivity index (χ1) is 12.2. The van der Waals surface area contributed by atoms with Crippen LogP contribution in [0.15, 0.2) is 77.4 Å². The molecule has 1 amide bonds. The van der Waals surface area contributed by atoms with E-state index < -0.39 is 0 Å². The number of fused-ring (bicyclic) bond motifs is 1. The van der Waals surface area contributed by atoms with Gasteiger partial charge in [-0.1, -0.05) is 29.8 Å². The molecule has 0 unspecified atom stereocenters. The van der Waals surface area contributed by atoms with Crippen molar-refractivity contribution in [1.82, 2.24) is 4.98 Å². The molecular formula is C20H13ClN2O2. The standard InChI is InChI=1S/C20H13ClN2O2/c21-13-7-9-14(10-8-13)22-20(24)16-12-18(19-6-3-11-25-19)23-17-5-2-1-4-15(16)17/h1-12H,(H,22,24). The minimum atomic E-state index is -0.214. The summed E-state index contributed by atoms with van der Waals surface area (Å²) in [5, 5.41) is 4.29. The lowest BCUT2D eigenvalue weighted by Crippen LogP contribution is -2.13. The van der Waals surface area contributed by atoms with E-state index in [0.29, 0.717) is 27.7 Å². The van der Waals surface area contributed by atoms with Crippen LogP contribution in [0.3, 0.4) is 0 Å². The topological polar surface area (TPSA) is 55.1 Å². The number of hydrogen-bond acceptors (Lipinski definition) is 3. The molecule has 4 aromatic rings. The van der Waals surface area contributed by atoms with E-state index in [-0.39, 0.29) is 5.91 Å². The Morgan fingerprint density at radius 1 is 1.00 bits per heavy atom. The van der Waals surface area contributed by atoms with Gasteiger partial charge < -0.3 is 9.73 Å². The molecule has 0 radical (unpaired) electrons. The van der Waals surface area contributed by atoms with Gasteiger partial charge in [0.25, 0.3) is 5.91 Å². The molecule has 2 aromatic carbocycles. The first-order valence-electron chi connectivity index (χ1n) is 7.71. The van der Waals surface area contributed by atoms with Crippen LogP contribution in [0.2, 0.25) is 5.02 Å². The average Bonchev–Trinajstić information content (AvgIpc) is 3.17. The number of hydrogen-bond donors (Lipinski definition) is 1. The van der Waals surface area contributed by atoms with Gasteiger partial charge >= 0.3 is 0 Å². The highest BCUT2D eigenvalue weighted by molar-refractivity contribution is 6.30. The van der Waals surface area contributed by atoms with Crippen molar-refractivity contribution in [2.24, 2.45) is 0 Å². The number of halogens is 1. The second-order valence-electron chi connectivity index (χ2n) is 5.51. The quantitative estimate of drug-likeness (QED) is 0.539. The number of anilines is 1. The molecule has 2 aromatic heterocycles. The Hall–Kier alpha value is -3.11. The second kappa shape index (κ2) is 6.42. The average molecular weight is 349 g/mol. The van der Waals surface area contributed by atoms with E-state index >= 15 is 0 Å². The number of pyridine rings is 1. The van der Waals surface area contributed by atoms with Gasteiger partial charge in [-0.15, -0.1) is 0 Å². The van der Waals surface area contributed by atoms with Crippen LogP contribution in [0.4, 0.5) is 5.69 Å². The molecule has 0 aliphatic carbocycles. The van der Waals surface area contributed by atoms with E-state index in [0.717, 1.165) is 10.9 Å². The van der Waals surface area contributed by atoms with Crippen molar-refractivity contribution in [2.45, 2.75) is 0 Å². The number of furan rings is 1. The van der Waals surface area contributed by atoms with Gasteiger partial charge in [-0.05, 0) is 48.5 Å². The van der Waals surface area contributed by atoms with Gasteiger partial charge in [0.1, 0.15) is 5.69 Å². The van der Waals surface area contributed by atoms with Crippen molar-refractivity contribution < 1.29 is 9.21 Å². The Labute approximate surface area is 149 Å². The Morgan fingerprint density at radius 2 is 1.80 bits per heavy atom. The summed E-state index contributed by atoms with van der Waals surface area (Å²) < 4.78 is 5.43. The highest BCUT2D eigenvalue weighted by atomic mass is 35.5. The summed E-state index contributed by atoms with van der Waals surface area (Å²) in [4.78, 5) is 17.4. The van der Waals surface area contributed by atoms with Crippen LogP contribution in [0.1, 0.15) is 10.4 Å². The summed E-state index contributed by atoms with van der Waals surface area (Å²) in [5.74, 6) is 0.403. The van der Waals surface area contributed by atoms with Crippen molar-refractivity contribution in [1.29, 1.82) is 0 Å². The van der Waals surface area contributed by atoms with Crippen LogP contribution in [-0.4, -0.2) is 10.9 Å². The monoisotopic (exact) mass is 348 g/mol. The van der Waals surface area contributed by atoms with Crippen LogP contribution in [0, 0.1) is 0 Å². The molecule has 4 nitrogen and oxygen atoms in total. The predicted molar refractivity (Wildman–Crippen MR) is 98.9 cm³/mol. The minimum absolute atomic E-state index is 0.214. The van der Waals surface area contributed by atoms with E-state index in [1.165, 1.54) is 0 Å². The summed E-state index contributed by atoms with van der Waals surface area (Å²) in [6, 6.07) is 19.9. The largest absolute Gasteiger partial charge is 0.463 e. The van der Waals surface area contributed by atoms with Gasteiger partial charge in [0.15, 0.2) is 5.76 Å². The zero-order valence-corrected chi connectivity index (χ0v) is 13.8. The van der Waals surface area contributed by atoms with Gasteiger partial charge in [0, 0.05) is 16.1 Å². The zero-order valence-electron chi connectivity index (χ0n) is 13.1. The second-order valence-corrected chi connectivity index (χ2v) is 5.95. The number of carbonyl (C=O) groups excluding carboxylic acids is 1. The van der Waals surface area contributed by atoms with Crippen molar-refractivity contribution in [3.8, 4) is 11.5 Å². The number of amides is 1. The Morgan fingerprint density at radius 3 is 2.56 bits per heavy atom. The molecule has 4 rings (SSSR count). The molecule has 0 atom stereocenters. The Kier molecular flexibility index (Phi) is 3.96. The third-order valence-corrected chi connectivity index (χ3v) is 4.09. The highest BCUT2D eigenvalue weighted by Gasteiger charge is 2.15. The molecule has 122 valence electrons. The van der Waals surface area contributed by atoms with Gasteiger partial charge in [-0.2, -0.15) is 0 Å². The summed E-state index contributed by atoms with van der Waals surface area (Å²) in [6.07, 6.45) is 1.58. The molecule has 0 aliphatic rings. The maximum atomic E-state index is 12.8. The molecule has 0 saturated carbocycles. The molecule has 0 fully saturated rings. The number of rotatable bonds is 3. The molecule has 0 bridgehead atoms. The fourth-order valence-corrected chi connectivity index (χ4v) is 2.77. The van der Waals surface area contributed by atoms with Crippen LogP contribution < -0.4 is 5.32 Å². The molecule has 1 N–H and O–H groups in total. The Bertz CT molecular complexity index is 1040. The molecular weight excluding hydrogens is 336 g/mol.